The highest BCUT2D eigenvalue weighted by atomic mass is 32.1. The highest BCUT2D eigenvalue weighted by Crippen LogP contribution is 2.14. The Balaban J connectivity index is 1.87. The molecule has 0 saturated carbocycles. The molecule has 2 rings (SSSR count). The Morgan fingerprint density at radius 1 is 1.05 bits per heavy atom. The number of benzene rings is 2. The van der Waals surface area contributed by atoms with Gasteiger partial charge < -0.3 is 5.32 Å². The molecule has 2 N–H and O–H groups in total. The summed E-state index contributed by atoms with van der Waals surface area (Å²) in [5.74, 6) is 0.256. The van der Waals surface area contributed by atoms with Gasteiger partial charge in [-0.1, -0.05) is 56.3 Å². The van der Waals surface area contributed by atoms with Gasteiger partial charge >= 0.3 is 0 Å². The van der Waals surface area contributed by atoms with Crippen LogP contribution in [0, 0.1) is 0 Å². The maximum atomic E-state index is 12.1. The summed E-state index contributed by atoms with van der Waals surface area (Å²) in [6, 6.07) is 17.5. The van der Waals surface area contributed by atoms with Crippen molar-refractivity contribution in [1.29, 1.82) is 0 Å². The molecule has 0 heterocycles. The summed E-state index contributed by atoms with van der Waals surface area (Å²) in [4.78, 5) is 12.1. The van der Waals surface area contributed by atoms with Gasteiger partial charge in [-0.25, -0.2) is 0 Å². The van der Waals surface area contributed by atoms with Gasteiger partial charge in [-0.15, -0.1) is 0 Å². The molecule has 0 atom stereocenters. The van der Waals surface area contributed by atoms with Crippen molar-refractivity contribution in [2.45, 2.75) is 26.3 Å². The number of thiocarbonyl (C=S) groups is 1. The number of carbonyl (C=O) groups excluding carboxylic acids is 1. The molecule has 0 bridgehead atoms. The standard InChI is InChI=1S/C18H20N2OS/c1-13(2)15-8-10-16(11-9-15)17(21)20-18(22)19-12-14-6-4-3-5-7-14/h3-11,13H,12H2,1-2H3,(H2,19,20,21,22). The van der Waals surface area contributed by atoms with Gasteiger partial charge in [-0.05, 0) is 41.4 Å². The summed E-state index contributed by atoms with van der Waals surface area (Å²) in [7, 11) is 0. The summed E-state index contributed by atoms with van der Waals surface area (Å²) in [5, 5.41) is 6.06. The Kier molecular flexibility index (Phi) is 5.67. The van der Waals surface area contributed by atoms with Crippen molar-refractivity contribution in [3.05, 3.63) is 71.3 Å². The van der Waals surface area contributed by atoms with E-state index in [1.54, 1.807) is 0 Å². The molecule has 0 unspecified atom stereocenters. The van der Waals surface area contributed by atoms with Gasteiger partial charge in [0.2, 0.25) is 0 Å². The van der Waals surface area contributed by atoms with E-state index in [0.29, 0.717) is 23.1 Å². The van der Waals surface area contributed by atoms with Crippen LogP contribution in [0.2, 0.25) is 0 Å². The van der Waals surface area contributed by atoms with Gasteiger partial charge in [0.25, 0.3) is 5.91 Å². The SMILES string of the molecule is CC(C)c1ccc(C(=O)NC(=S)NCc2ccccc2)cc1. The summed E-state index contributed by atoms with van der Waals surface area (Å²) in [5.41, 5.74) is 2.93. The third kappa shape index (κ3) is 4.67. The van der Waals surface area contributed by atoms with Gasteiger partial charge in [0.05, 0.1) is 0 Å². The Hall–Kier alpha value is -2.20. The Morgan fingerprint density at radius 3 is 2.27 bits per heavy atom. The predicted molar refractivity (Wildman–Crippen MR) is 93.9 cm³/mol. The minimum Gasteiger partial charge on any atom is -0.358 e. The summed E-state index contributed by atoms with van der Waals surface area (Å²) in [6.45, 7) is 4.83. The zero-order valence-electron chi connectivity index (χ0n) is 12.8. The molecular formula is C18H20N2OS. The van der Waals surface area contributed by atoms with Crippen LogP contribution in [0.4, 0.5) is 0 Å². The Bertz CT molecular complexity index is 636. The second-order valence-corrected chi connectivity index (χ2v) is 5.81. The molecule has 0 aliphatic heterocycles. The molecule has 1 amide bonds. The third-order valence-electron chi connectivity index (χ3n) is 3.36. The number of carbonyl (C=O) groups is 1. The van der Waals surface area contributed by atoms with E-state index in [0.717, 1.165) is 5.56 Å². The van der Waals surface area contributed by atoms with Crippen LogP contribution in [0.5, 0.6) is 0 Å². The quantitative estimate of drug-likeness (QED) is 0.847. The minimum atomic E-state index is -0.194. The first-order chi connectivity index (χ1) is 10.6. The highest BCUT2D eigenvalue weighted by molar-refractivity contribution is 7.80. The number of hydrogen-bond donors (Lipinski definition) is 2. The second-order valence-electron chi connectivity index (χ2n) is 5.40. The Labute approximate surface area is 136 Å². The Morgan fingerprint density at radius 2 is 1.68 bits per heavy atom. The van der Waals surface area contributed by atoms with Crippen LogP contribution in [0.15, 0.2) is 54.6 Å². The van der Waals surface area contributed by atoms with Crippen LogP contribution in [-0.4, -0.2) is 11.0 Å². The molecule has 0 saturated heterocycles. The number of hydrogen-bond acceptors (Lipinski definition) is 2. The van der Waals surface area contributed by atoms with Crippen LogP contribution < -0.4 is 10.6 Å². The maximum Gasteiger partial charge on any atom is 0.257 e. The number of rotatable bonds is 4. The summed E-state index contributed by atoms with van der Waals surface area (Å²) in [6.07, 6.45) is 0. The molecule has 0 aliphatic rings. The van der Waals surface area contributed by atoms with E-state index >= 15 is 0 Å². The van der Waals surface area contributed by atoms with E-state index in [1.807, 2.05) is 54.6 Å². The van der Waals surface area contributed by atoms with Crippen molar-refractivity contribution in [1.82, 2.24) is 10.6 Å². The van der Waals surface area contributed by atoms with Gasteiger partial charge in [0, 0.05) is 12.1 Å². The van der Waals surface area contributed by atoms with Crippen LogP contribution >= 0.6 is 12.2 Å². The molecule has 2 aromatic carbocycles. The lowest BCUT2D eigenvalue weighted by Crippen LogP contribution is -2.38. The molecule has 0 radical (unpaired) electrons. The molecular weight excluding hydrogens is 292 g/mol. The molecule has 2 aromatic rings. The van der Waals surface area contributed by atoms with E-state index in [4.69, 9.17) is 12.2 Å². The van der Waals surface area contributed by atoms with Gasteiger partial charge in [0.1, 0.15) is 0 Å². The largest absolute Gasteiger partial charge is 0.358 e. The molecule has 0 aliphatic carbocycles. The van der Waals surface area contributed by atoms with Crippen molar-refractivity contribution >= 4 is 23.2 Å². The first-order valence-electron chi connectivity index (χ1n) is 7.29. The number of nitrogens with one attached hydrogen (secondary N) is 2. The van der Waals surface area contributed by atoms with E-state index in [2.05, 4.69) is 24.5 Å². The molecule has 4 heteroatoms. The first kappa shape index (κ1) is 16.2. The maximum absolute atomic E-state index is 12.1. The van der Waals surface area contributed by atoms with Crippen LogP contribution in [-0.2, 0) is 6.54 Å². The van der Waals surface area contributed by atoms with E-state index in [1.165, 1.54) is 5.56 Å². The lowest BCUT2D eigenvalue weighted by Gasteiger charge is -2.10. The average Bonchev–Trinajstić information content (AvgIpc) is 2.54. The lowest BCUT2D eigenvalue weighted by molar-refractivity contribution is 0.0976. The molecule has 22 heavy (non-hydrogen) atoms. The molecule has 0 aromatic heterocycles. The van der Waals surface area contributed by atoms with Crippen LogP contribution in [0.1, 0.15) is 41.3 Å². The lowest BCUT2D eigenvalue weighted by atomic mass is 10.0. The number of amides is 1. The predicted octanol–water partition coefficient (Wildman–Crippen LogP) is 3.61. The fourth-order valence-electron chi connectivity index (χ4n) is 2.02. The second kappa shape index (κ2) is 7.71. The fraction of sp³-hybridized carbons (Fsp3) is 0.222. The first-order valence-corrected chi connectivity index (χ1v) is 7.70. The molecule has 3 nitrogen and oxygen atoms in total. The van der Waals surface area contributed by atoms with E-state index in [-0.39, 0.29) is 5.91 Å². The zero-order chi connectivity index (χ0) is 15.9. The van der Waals surface area contributed by atoms with Crippen molar-refractivity contribution in [3.8, 4) is 0 Å². The van der Waals surface area contributed by atoms with E-state index in [9.17, 15) is 4.79 Å². The fourth-order valence-corrected chi connectivity index (χ4v) is 2.18. The average molecular weight is 312 g/mol. The van der Waals surface area contributed by atoms with Gasteiger partial charge in [0.15, 0.2) is 5.11 Å². The van der Waals surface area contributed by atoms with Crippen molar-refractivity contribution in [3.63, 3.8) is 0 Å². The van der Waals surface area contributed by atoms with E-state index < -0.39 is 0 Å². The third-order valence-corrected chi connectivity index (χ3v) is 3.61. The minimum absolute atomic E-state index is 0.194. The normalized spacial score (nSPS) is 10.3. The van der Waals surface area contributed by atoms with Crippen molar-refractivity contribution in [2.24, 2.45) is 0 Å². The highest BCUT2D eigenvalue weighted by Gasteiger charge is 2.08. The van der Waals surface area contributed by atoms with Crippen LogP contribution in [0.3, 0.4) is 0 Å². The van der Waals surface area contributed by atoms with Crippen molar-refractivity contribution < 1.29 is 4.79 Å². The van der Waals surface area contributed by atoms with Crippen molar-refractivity contribution in [2.75, 3.05) is 0 Å². The van der Waals surface area contributed by atoms with Gasteiger partial charge in [-0.3, -0.25) is 10.1 Å². The molecule has 0 fully saturated rings. The monoisotopic (exact) mass is 312 g/mol. The van der Waals surface area contributed by atoms with Gasteiger partial charge in [-0.2, -0.15) is 0 Å². The summed E-state index contributed by atoms with van der Waals surface area (Å²) < 4.78 is 0. The molecule has 0 spiro atoms. The zero-order valence-corrected chi connectivity index (χ0v) is 13.6. The smallest absolute Gasteiger partial charge is 0.257 e. The topological polar surface area (TPSA) is 41.1 Å². The molecule has 114 valence electrons. The summed E-state index contributed by atoms with van der Waals surface area (Å²) >= 11 is 5.15. The van der Waals surface area contributed by atoms with Crippen LogP contribution in [0.25, 0.3) is 0 Å².